The van der Waals surface area contributed by atoms with Crippen LogP contribution in [0.4, 0.5) is 0 Å². The zero-order valence-electron chi connectivity index (χ0n) is 12.9. The van der Waals surface area contributed by atoms with Gasteiger partial charge in [0.25, 0.3) is 0 Å². The largest absolute Gasteiger partial charge is 0.473 e. The van der Waals surface area contributed by atoms with Gasteiger partial charge in [0, 0.05) is 23.3 Å². The Kier molecular flexibility index (Phi) is 5.01. The number of pyridine rings is 1. The number of benzene rings is 1. The maximum absolute atomic E-state index is 12.8. The Morgan fingerprint density at radius 1 is 1.25 bits per heavy atom. The summed E-state index contributed by atoms with van der Waals surface area (Å²) in [6, 6.07) is 9.90. The van der Waals surface area contributed by atoms with Gasteiger partial charge in [0.2, 0.25) is 15.9 Å². The van der Waals surface area contributed by atoms with Gasteiger partial charge in [0.05, 0.1) is 11.6 Å². The van der Waals surface area contributed by atoms with Crippen LogP contribution in [0.2, 0.25) is 10.0 Å². The number of hydrogen-bond donors (Lipinski definition) is 0. The van der Waals surface area contributed by atoms with E-state index < -0.39 is 10.0 Å². The van der Waals surface area contributed by atoms with Gasteiger partial charge in [-0.15, -0.1) is 0 Å². The number of aromatic nitrogens is 1. The van der Waals surface area contributed by atoms with Gasteiger partial charge in [-0.25, -0.2) is 13.4 Å². The van der Waals surface area contributed by atoms with Crippen molar-refractivity contribution in [3.05, 3.63) is 52.1 Å². The standard InChI is InChI=1S/C16H16Cl2N2O3S/c1-11-3-2-4-16(19-11)23-13-7-8-20(10-13)24(21,22)15-9-12(17)5-6-14(15)18/h2-6,9,13H,7-8,10H2,1H3. The number of nitrogens with zero attached hydrogens (tertiary/aromatic N) is 2. The highest BCUT2D eigenvalue weighted by Gasteiger charge is 2.35. The monoisotopic (exact) mass is 386 g/mol. The van der Waals surface area contributed by atoms with Crippen LogP contribution in [0.3, 0.4) is 0 Å². The minimum absolute atomic E-state index is 0.0194. The molecule has 0 radical (unpaired) electrons. The minimum atomic E-state index is -3.71. The van der Waals surface area contributed by atoms with Crippen LogP contribution in [-0.4, -0.2) is 36.9 Å². The first-order valence-electron chi connectivity index (χ1n) is 7.42. The molecule has 1 fully saturated rings. The topological polar surface area (TPSA) is 59.5 Å². The van der Waals surface area contributed by atoms with Crippen molar-refractivity contribution in [2.45, 2.75) is 24.3 Å². The van der Waals surface area contributed by atoms with E-state index in [-0.39, 0.29) is 22.6 Å². The van der Waals surface area contributed by atoms with Crippen molar-refractivity contribution < 1.29 is 13.2 Å². The van der Waals surface area contributed by atoms with E-state index in [0.717, 1.165) is 5.69 Å². The molecule has 1 unspecified atom stereocenters. The predicted molar refractivity (Wildman–Crippen MR) is 93.2 cm³/mol. The lowest BCUT2D eigenvalue weighted by molar-refractivity contribution is 0.206. The van der Waals surface area contributed by atoms with Crippen LogP contribution in [0.5, 0.6) is 5.88 Å². The maximum atomic E-state index is 12.8. The summed E-state index contributed by atoms with van der Waals surface area (Å²) in [5, 5.41) is 0.484. The second-order valence-electron chi connectivity index (χ2n) is 5.58. The van der Waals surface area contributed by atoms with Gasteiger partial charge in [-0.3, -0.25) is 0 Å². The zero-order chi connectivity index (χ0) is 17.3. The van der Waals surface area contributed by atoms with Gasteiger partial charge >= 0.3 is 0 Å². The molecule has 1 atom stereocenters. The Labute approximate surface area is 151 Å². The van der Waals surface area contributed by atoms with Crippen LogP contribution >= 0.6 is 23.2 Å². The summed E-state index contributed by atoms with van der Waals surface area (Å²) in [6.07, 6.45) is 0.347. The van der Waals surface area contributed by atoms with E-state index in [1.165, 1.54) is 16.4 Å². The Balaban J connectivity index is 1.76. The van der Waals surface area contributed by atoms with Crippen LogP contribution in [-0.2, 0) is 10.0 Å². The third-order valence-electron chi connectivity index (χ3n) is 3.77. The lowest BCUT2D eigenvalue weighted by Crippen LogP contribution is -2.31. The highest BCUT2D eigenvalue weighted by Crippen LogP contribution is 2.30. The van der Waals surface area contributed by atoms with E-state index in [0.29, 0.717) is 23.9 Å². The van der Waals surface area contributed by atoms with E-state index >= 15 is 0 Å². The molecule has 2 heterocycles. The summed E-state index contributed by atoms with van der Waals surface area (Å²) in [5.74, 6) is 0.500. The van der Waals surface area contributed by atoms with Crippen molar-refractivity contribution in [1.82, 2.24) is 9.29 Å². The molecule has 5 nitrogen and oxygen atoms in total. The SMILES string of the molecule is Cc1cccc(OC2CCN(S(=O)(=O)c3cc(Cl)ccc3Cl)C2)n1. The first-order valence-corrected chi connectivity index (χ1v) is 9.61. The molecule has 1 aromatic heterocycles. The Morgan fingerprint density at radius 3 is 2.79 bits per heavy atom. The number of aryl methyl sites for hydroxylation is 1. The van der Waals surface area contributed by atoms with E-state index in [9.17, 15) is 8.42 Å². The van der Waals surface area contributed by atoms with Crippen molar-refractivity contribution in [2.24, 2.45) is 0 Å². The molecule has 0 N–H and O–H groups in total. The van der Waals surface area contributed by atoms with Crippen LogP contribution < -0.4 is 4.74 Å². The molecule has 0 amide bonds. The third-order valence-corrected chi connectivity index (χ3v) is 6.35. The molecule has 24 heavy (non-hydrogen) atoms. The normalized spacial score (nSPS) is 18.7. The number of ether oxygens (including phenoxy) is 1. The second-order valence-corrected chi connectivity index (χ2v) is 8.33. The van der Waals surface area contributed by atoms with E-state index in [2.05, 4.69) is 4.98 Å². The van der Waals surface area contributed by atoms with Gasteiger partial charge in [0.15, 0.2) is 0 Å². The maximum Gasteiger partial charge on any atom is 0.244 e. The molecule has 1 aliphatic heterocycles. The van der Waals surface area contributed by atoms with E-state index in [1.807, 2.05) is 19.1 Å². The van der Waals surface area contributed by atoms with Crippen molar-refractivity contribution >= 4 is 33.2 Å². The lowest BCUT2D eigenvalue weighted by Gasteiger charge is -2.18. The average molecular weight is 387 g/mol. The zero-order valence-corrected chi connectivity index (χ0v) is 15.3. The van der Waals surface area contributed by atoms with Crippen molar-refractivity contribution in [3.8, 4) is 5.88 Å². The Bertz CT molecular complexity index is 858. The number of halogens is 2. The van der Waals surface area contributed by atoms with Crippen LogP contribution in [0.1, 0.15) is 12.1 Å². The van der Waals surface area contributed by atoms with Gasteiger partial charge in [-0.2, -0.15) is 4.31 Å². The molecule has 0 spiro atoms. The molecule has 3 rings (SSSR count). The Hall–Kier alpha value is -1.34. The van der Waals surface area contributed by atoms with Crippen molar-refractivity contribution in [1.29, 1.82) is 0 Å². The van der Waals surface area contributed by atoms with Gasteiger partial charge in [-0.05, 0) is 37.6 Å². The predicted octanol–water partition coefficient (Wildman–Crippen LogP) is 3.54. The fraction of sp³-hybridized carbons (Fsp3) is 0.312. The number of sulfonamides is 1. The molecule has 8 heteroatoms. The summed E-state index contributed by atoms with van der Waals surface area (Å²) in [7, 11) is -3.71. The Morgan fingerprint density at radius 2 is 2.04 bits per heavy atom. The molecule has 0 aliphatic carbocycles. The molecule has 1 aromatic carbocycles. The molecule has 1 aliphatic rings. The van der Waals surface area contributed by atoms with Gasteiger partial charge < -0.3 is 4.74 Å². The summed E-state index contributed by atoms with van der Waals surface area (Å²) >= 11 is 11.9. The second kappa shape index (κ2) is 6.88. The van der Waals surface area contributed by atoms with Crippen LogP contribution in [0.15, 0.2) is 41.3 Å². The van der Waals surface area contributed by atoms with Crippen LogP contribution in [0.25, 0.3) is 0 Å². The molecule has 0 saturated carbocycles. The summed E-state index contributed by atoms with van der Waals surface area (Å²) in [6.45, 7) is 2.49. The van der Waals surface area contributed by atoms with Crippen molar-refractivity contribution in [3.63, 3.8) is 0 Å². The quantitative estimate of drug-likeness (QED) is 0.805. The minimum Gasteiger partial charge on any atom is -0.473 e. The third kappa shape index (κ3) is 3.67. The average Bonchev–Trinajstić information content (AvgIpc) is 2.99. The van der Waals surface area contributed by atoms with E-state index in [1.54, 1.807) is 12.1 Å². The fourth-order valence-corrected chi connectivity index (χ4v) is 4.80. The first-order chi connectivity index (χ1) is 11.4. The highest BCUT2D eigenvalue weighted by atomic mass is 35.5. The molecular weight excluding hydrogens is 371 g/mol. The lowest BCUT2D eigenvalue weighted by atomic mass is 10.3. The van der Waals surface area contributed by atoms with Crippen molar-refractivity contribution in [2.75, 3.05) is 13.1 Å². The van der Waals surface area contributed by atoms with E-state index in [4.69, 9.17) is 27.9 Å². The highest BCUT2D eigenvalue weighted by molar-refractivity contribution is 7.89. The summed E-state index contributed by atoms with van der Waals surface area (Å²) in [5.41, 5.74) is 0.848. The van der Waals surface area contributed by atoms with Gasteiger partial charge in [0.1, 0.15) is 11.0 Å². The summed E-state index contributed by atoms with van der Waals surface area (Å²) < 4.78 is 32.7. The molecule has 0 bridgehead atoms. The molecule has 128 valence electrons. The van der Waals surface area contributed by atoms with Gasteiger partial charge in [-0.1, -0.05) is 29.3 Å². The molecule has 2 aromatic rings. The fourth-order valence-electron chi connectivity index (χ4n) is 2.58. The summed E-state index contributed by atoms with van der Waals surface area (Å²) in [4.78, 5) is 4.30. The van der Waals surface area contributed by atoms with Crippen LogP contribution in [0, 0.1) is 6.92 Å². The molecule has 1 saturated heterocycles. The molecular formula is C16H16Cl2N2O3S. The smallest absolute Gasteiger partial charge is 0.244 e. The first kappa shape index (κ1) is 17.5. The number of hydrogen-bond acceptors (Lipinski definition) is 4. The number of rotatable bonds is 4.